The molecule has 2 saturated heterocycles. The number of nitrogens with one attached hydrogen (secondary N) is 3. The SMILES string of the molecule is CCOC(=O)c1sc(NC(=O)CCCC[C@@H]2SC[C@@H]3NC(=O)N[C@@H]32)nc1C. The maximum atomic E-state index is 12.1. The highest BCUT2D eigenvalue weighted by atomic mass is 32.2. The Bertz CT molecular complexity index is 724. The van der Waals surface area contributed by atoms with E-state index in [9.17, 15) is 14.4 Å². The number of fused-ring (bicyclic) bond motifs is 1. The van der Waals surface area contributed by atoms with E-state index in [1.54, 1.807) is 13.8 Å². The van der Waals surface area contributed by atoms with Gasteiger partial charge in [-0.25, -0.2) is 14.6 Å². The van der Waals surface area contributed by atoms with Crippen LogP contribution in [0.4, 0.5) is 9.93 Å². The molecule has 3 N–H and O–H groups in total. The Kier molecular flexibility index (Phi) is 6.59. The number of aromatic nitrogens is 1. The Balaban J connectivity index is 1.38. The molecule has 3 amide bonds. The first-order valence-electron chi connectivity index (χ1n) is 9.11. The van der Waals surface area contributed by atoms with E-state index in [1.165, 1.54) is 0 Å². The maximum Gasteiger partial charge on any atom is 0.350 e. The van der Waals surface area contributed by atoms with Crippen molar-refractivity contribution in [3.63, 3.8) is 0 Å². The topological polar surface area (TPSA) is 109 Å². The average Bonchev–Trinajstić information content (AvgIpc) is 3.26. The number of anilines is 1. The molecule has 0 aromatic carbocycles. The molecule has 2 fully saturated rings. The van der Waals surface area contributed by atoms with Crippen molar-refractivity contribution in [3.8, 4) is 0 Å². The van der Waals surface area contributed by atoms with Crippen molar-refractivity contribution >= 4 is 46.1 Å². The van der Waals surface area contributed by atoms with Gasteiger partial charge in [0.2, 0.25) is 5.91 Å². The van der Waals surface area contributed by atoms with Crippen LogP contribution in [-0.4, -0.2) is 52.6 Å². The van der Waals surface area contributed by atoms with Crippen LogP contribution in [0.2, 0.25) is 0 Å². The zero-order valence-corrected chi connectivity index (χ0v) is 17.0. The summed E-state index contributed by atoms with van der Waals surface area (Å²) >= 11 is 3.02. The van der Waals surface area contributed by atoms with Crippen molar-refractivity contribution in [1.82, 2.24) is 15.6 Å². The van der Waals surface area contributed by atoms with Crippen LogP contribution in [0.25, 0.3) is 0 Å². The summed E-state index contributed by atoms with van der Waals surface area (Å²) in [5.74, 6) is 0.432. The number of ether oxygens (including phenoxy) is 1. The molecule has 0 unspecified atom stereocenters. The maximum absolute atomic E-state index is 12.1. The largest absolute Gasteiger partial charge is 0.462 e. The number of nitrogens with zero attached hydrogens (tertiary/aromatic N) is 1. The van der Waals surface area contributed by atoms with E-state index in [4.69, 9.17) is 4.74 Å². The van der Waals surface area contributed by atoms with Gasteiger partial charge in [0, 0.05) is 17.4 Å². The third-order valence-electron chi connectivity index (χ3n) is 4.58. The van der Waals surface area contributed by atoms with Gasteiger partial charge in [-0.2, -0.15) is 11.8 Å². The summed E-state index contributed by atoms with van der Waals surface area (Å²) in [6.45, 7) is 3.78. The predicted molar refractivity (Wildman–Crippen MR) is 105 cm³/mol. The van der Waals surface area contributed by atoms with Crippen LogP contribution in [0, 0.1) is 6.92 Å². The van der Waals surface area contributed by atoms with Gasteiger partial charge < -0.3 is 20.7 Å². The highest BCUT2D eigenvalue weighted by Gasteiger charge is 2.42. The summed E-state index contributed by atoms with van der Waals surface area (Å²) in [4.78, 5) is 39.9. The summed E-state index contributed by atoms with van der Waals surface area (Å²) in [6, 6.07) is 0.365. The summed E-state index contributed by atoms with van der Waals surface area (Å²) in [7, 11) is 0. The lowest BCUT2D eigenvalue weighted by molar-refractivity contribution is -0.116. The van der Waals surface area contributed by atoms with Gasteiger partial charge in [-0.15, -0.1) is 0 Å². The molecule has 2 aliphatic rings. The van der Waals surface area contributed by atoms with Gasteiger partial charge >= 0.3 is 12.0 Å². The first-order valence-corrected chi connectivity index (χ1v) is 11.0. The number of carbonyl (C=O) groups is 3. The molecule has 0 bridgehead atoms. The lowest BCUT2D eigenvalue weighted by atomic mass is 10.0. The van der Waals surface area contributed by atoms with Crippen LogP contribution >= 0.6 is 23.1 Å². The molecule has 3 heterocycles. The number of aryl methyl sites for hydroxylation is 1. The number of thioether (sulfide) groups is 1. The van der Waals surface area contributed by atoms with Gasteiger partial charge in [-0.3, -0.25) is 4.79 Å². The van der Waals surface area contributed by atoms with Gasteiger partial charge in [0.25, 0.3) is 0 Å². The van der Waals surface area contributed by atoms with E-state index in [-0.39, 0.29) is 24.0 Å². The zero-order chi connectivity index (χ0) is 19.4. The van der Waals surface area contributed by atoms with E-state index in [0.717, 1.165) is 36.4 Å². The van der Waals surface area contributed by atoms with Crippen LogP contribution in [0.15, 0.2) is 0 Å². The van der Waals surface area contributed by atoms with Crippen molar-refractivity contribution in [1.29, 1.82) is 0 Å². The molecule has 1 aromatic rings. The normalized spacial score (nSPS) is 23.5. The monoisotopic (exact) mass is 412 g/mol. The molecule has 8 nitrogen and oxygen atoms in total. The number of thiazole rings is 1. The van der Waals surface area contributed by atoms with E-state index in [0.29, 0.717) is 34.0 Å². The number of carbonyl (C=O) groups excluding carboxylic acids is 3. The number of hydrogen-bond acceptors (Lipinski definition) is 7. The van der Waals surface area contributed by atoms with Crippen molar-refractivity contribution in [2.45, 2.75) is 56.9 Å². The zero-order valence-electron chi connectivity index (χ0n) is 15.4. The van der Waals surface area contributed by atoms with E-state index < -0.39 is 5.97 Å². The van der Waals surface area contributed by atoms with Gasteiger partial charge in [-0.1, -0.05) is 17.8 Å². The molecule has 3 rings (SSSR count). The molecule has 27 heavy (non-hydrogen) atoms. The molecule has 0 spiro atoms. The number of urea groups is 1. The van der Waals surface area contributed by atoms with Crippen LogP contribution in [-0.2, 0) is 9.53 Å². The fourth-order valence-corrected chi connectivity index (χ4v) is 5.71. The minimum atomic E-state index is -0.408. The van der Waals surface area contributed by atoms with Gasteiger partial charge in [0.05, 0.1) is 24.4 Å². The van der Waals surface area contributed by atoms with Crippen molar-refractivity contribution < 1.29 is 19.1 Å². The molecule has 0 aliphatic carbocycles. The lowest BCUT2D eigenvalue weighted by Crippen LogP contribution is -2.36. The van der Waals surface area contributed by atoms with Gasteiger partial charge in [0.1, 0.15) is 4.88 Å². The Morgan fingerprint density at radius 2 is 2.15 bits per heavy atom. The third-order valence-corrected chi connectivity index (χ3v) is 7.15. The number of rotatable bonds is 8. The number of amides is 3. The standard InChI is InChI=1S/C17H24N4O4S2/c1-3-25-15(23)14-9(2)18-17(27-14)20-12(22)7-5-4-6-11-13-10(8-26-11)19-16(24)21-13/h10-11,13H,3-8H2,1-2H3,(H,18,20,22)(H2,19,21,24)/t10-,11-,13-/m0/s1. The van der Waals surface area contributed by atoms with Crippen molar-refractivity contribution in [2.75, 3.05) is 17.7 Å². The molecular formula is C17H24N4O4S2. The van der Waals surface area contributed by atoms with Crippen molar-refractivity contribution in [3.05, 3.63) is 10.6 Å². The minimum absolute atomic E-state index is 0.0735. The molecule has 0 radical (unpaired) electrons. The molecule has 148 valence electrons. The van der Waals surface area contributed by atoms with Crippen molar-refractivity contribution in [2.24, 2.45) is 0 Å². The highest BCUT2D eigenvalue weighted by Crippen LogP contribution is 2.33. The Morgan fingerprint density at radius 1 is 1.33 bits per heavy atom. The van der Waals surface area contributed by atoms with Crippen LogP contribution in [0.5, 0.6) is 0 Å². The number of hydrogen-bond donors (Lipinski definition) is 3. The van der Waals surface area contributed by atoms with Crippen LogP contribution in [0.1, 0.15) is 48.0 Å². The second-order valence-corrected chi connectivity index (χ2v) is 8.84. The molecule has 0 saturated carbocycles. The van der Waals surface area contributed by atoms with E-state index >= 15 is 0 Å². The molecule has 1 aromatic heterocycles. The summed E-state index contributed by atoms with van der Waals surface area (Å²) in [5, 5.41) is 9.50. The Labute approximate surface area is 166 Å². The first kappa shape index (κ1) is 19.9. The minimum Gasteiger partial charge on any atom is -0.462 e. The second kappa shape index (κ2) is 8.92. The van der Waals surface area contributed by atoms with E-state index in [2.05, 4.69) is 20.9 Å². The summed E-state index contributed by atoms with van der Waals surface area (Å²) in [6.07, 6.45) is 3.08. The Hall–Kier alpha value is -1.81. The quantitative estimate of drug-likeness (QED) is 0.343. The highest BCUT2D eigenvalue weighted by molar-refractivity contribution is 8.00. The third kappa shape index (κ3) is 4.92. The van der Waals surface area contributed by atoms with Gasteiger partial charge in [-0.05, 0) is 26.7 Å². The van der Waals surface area contributed by atoms with Crippen LogP contribution in [0.3, 0.4) is 0 Å². The van der Waals surface area contributed by atoms with Crippen LogP contribution < -0.4 is 16.0 Å². The molecule has 2 aliphatic heterocycles. The summed E-state index contributed by atoms with van der Waals surface area (Å²) in [5.41, 5.74) is 0.564. The molecular weight excluding hydrogens is 388 g/mol. The average molecular weight is 413 g/mol. The van der Waals surface area contributed by atoms with Gasteiger partial charge in [0.15, 0.2) is 5.13 Å². The first-order chi connectivity index (χ1) is 13.0. The fourth-order valence-electron chi connectivity index (χ4n) is 3.29. The van der Waals surface area contributed by atoms with E-state index in [1.807, 2.05) is 11.8 Å². The Morgan fingerprint density at radius 3 is 2.93 bits per heavy atom. The number of unbranched alkanes of at least 4 members (excludes halogenated alkanes) is 1. The summed E-state index contributed by atoms with van der Waals surface area (Å²) < 4.78 is 4.98. The second-order valence-electron chi connectivity index (χ2n) is 6.57. The fraction of sp³-hybridized carbons (Fsp3) is 0.647. The lowest BCUT2D eigenvalue weighted by Gasteiger charge is -2.16. The number of esters is 1. The molecule has 10 heteroatoms. The molecule has 3 atom stereocenters. The predicted octanol–water partition coefficient (Wildman–Crippen LogP) is 2.29. The smallest absolute Gasteiger partial charge is 0.350 e.